The van der Waals surface area contributed by atoms with Gasteiger partial charge in [-0.1, -0.05) is 34.8 Å². The summed E-state index contributed by atoms with van der Waals surface area (Å²) in [6, 6.07) is 10.2. The van der Waals surface area contributed by atoms with E-state index in [1.165, 1.54) is 0 Å². The van der Waals surface area contributed by atoms with Gasteiger partial charge in [-0.3, -0.25) is 0 Å². The van der Waals surface area contributed by atoms with Gasteiger partial charge < -0.3 is 14.3 Å². The SMILES string of the molecule is CCOc1cc(/C=C(\Cl)c2nnc(-c3ccc(Cl)cc3)o2)cc(Cl)c1O. The van der Waals surface area contributed by atoms with E-state index in [1.807, 2.05) is 0 Å². The standard InChI is InChI=1S/C18H13Cl3N2O3/c1-2-25-15-9-10(7-13(20)16(15)24)8-14(21)18-23-22-17(26-18)11-3-5-12(19)6-4-11/h3-9,24H,2H2,1H3/b14-8-. The Bertz CT molecular complexity index is 953. The maximum Gasteiger partial charge on any atom is 0.259 e. The molecule has 0 atom stereocenters. The van der Waals surface area contributed by atoms with E-state index in [9.17, 15) is 5.11 Å². The Kier molecular flexibility index (Phi) is 5.71. The summed E-state index contributed by atoms with van der Waals surface area (Å²) in [7, 11) is 0. The fourth-order valence-corrected chi connectivity index (χ4v) is 2.73. The van der Waals surface area contributed by atoms with Gasteiger partial charge in [0.05, 0.1) is 11.6 Å². The molecule has 1 aromatic heterocycles. The monoisotopic (exact) mass is 410 g/mol. The molecule has 3 rings (SSSR count). The Labute approximate surface area is 164 Å². The Morgan fingerprint density at radius 1 is 1.19 bits per heavy atom. The maximum atomic E-state index is 9.89. The van der Waals surface area contributed by atoms with Crippen LogP contribution in [0.2, 0.25) is 10.0 Å². The van der Waals surface area contributed by atoms with E-state index in [4.69, 9.17) is 44.0 Å². The molecule has 0 fully saturated rings. The molecule has 0 radical (unpaired) electrons. The van der Waals surface area contributed by atoms with Crippen LogP contribution in [0.15, 0.2) is 40.8 Å². The van der Waals surface area contributed by atoms with Crippen LogP contribution in [0.5, 0.6) is 11.5 Å². The number of ether oxygens (including phenoxy) is 1. The van der Waals surface area contributed by atoms with E-state index in [1.54, 1.807) is 49.4 Å². The lowest BCUT2D eigenvalue weighted by atomic mass is 10.2. The molecular formula is C18H13Cl3N2O3. The van der Waals surface area contributed by atoms with Gasteiger partial charge in [0.25, 0.3) is 5.89 Å². The number of phenols is 1. The second-order valence-electron chi connectivity index (χ2n) is 5.19. The first-order valence-electron chi connectivity index (χ1n) is 7.60. The van der Waals surface area contributed by atoms with Crippen LogP contribution in [0.4, 0.5) is 0 Å². The number of phenolic OH excluding ortho intramolecular Hbond substituents is 1. The van der Waals surface area contributed by atoms with Gasteiger partial charge in [0.2, 0.25) is 5.89 Å². The van der Waals surface area contributed by atoms with E-state index < -0.39 is 0 Å². The predicted octanol–water partition coefficient (Wildman–Crippen LogP) is 5.88. The average Bonchev–Trinajstić information content (AvgIpc) is 3.10. The molecule has 5 nitrogen and oxygen atoms in total. The van der Waals surface area contributed by atoms with Crippen molar-refractivity contribution >= 4 is 45.9 Å². The lowest BCUT2D eigenvalue weighted by Gasteiger charge is -2.08. The van der Waals surface area contributed by atoms with Gasteiger partial charge in [0.1, 0.15) is 5.03 Å². The molecule has 1 N–H and O–H groups in total. The zero-order valence-corrected chi connectivity index (χ0v) is 15.8. The molecule has 2 aromatic carbocycles. The molecule has 3 aromatic rings. The molecule has 0 spiro atoms. The molecule has 8 heteroatoms. The summed E-state index contributed by atoms with van der Waals surface area (Å²) in [4.78, 5) is 0. The zero-order valence-electron chi connectivity index (χ0n) is 13.5. The second kappa shape index (κ2) is 7.99. The van der Waals surface area contributed by atoms with Crippen LogP contribution in [0.3, 0.4) is 0 Å². The van der Waals surface area contributed by atoms with Crippen LogP contribution in [0, 0.1) is 0 Å². The second-order valence-corrected chi connectivity index (χ2v) is 6.44. The average molecular weight is 412 g/mol. The summed E-state index contributed by atoms with van der Waals surface area (Å²) in [5, 5.41) is 18.8. The zero-order chi connectivity index (χ0) is 18.7. The first-order chi connectivity index (χ1) is 12.5. The Morgan fingerprint density at radius 2 is 1.92 bits per heavy atom. The number of benzene rings is 2. The number of rotatable bonds is 5. The van der Waals surface area contributed by atoms with Gasteiger partial charge in [-0.2, -0.15) is 0 Å². The number of hydrogen-bond donors (Lipinski definition) is 1. The van der Waals surface area contributed by atoms with Gasteiger partial charge in [0.15, 0.2) is 11.5 Å². The van der Waals surface area contributed by atoms with Gasteiger partial charge in [-0.05, 0) is 55.0 Å². The minimum absolute atomic E-state index is 0.121. The van der Waals surface area contributed by atoms with Gasteiger partial charge in [-0.25, -0.2) is 0 Å². The molecule has 0 aliphatic rings. The number of aromatic nitrogens is 2. The van der Waals surface area contributed by atoms with Crippen molar-refractivity contribution in [2.75, 3.05) is 6.61 Å². The third kappa shape index (κ3) is 4.12. The molecule has 0 unspecified atom stereocenters. The van der Waals surface area contributed by atoms with E-state index in [2.05, 4.69) is 10.2 Å². The van der Waals surface area contributed by atoms with Crippen molar-refractivity contribution in [1.82, 2.24) is 10.2 Å². The topological polar surface area (TPSA) is 68.4 Å². The molecule has 0 amide bonds. The van der Waals surface area contributed by atoms with Gasteiger partial charge >= 0.3 is 0 Å². The fourth-order valence-electron chi connectivity index (χ4n) is 2.18. The highest BCUT2D eigenvalue weighted by Crippen LogP contribution is 2.36. The van der Waals surface area contributed by atoms with E-state index >= 15 is 0 Å². The summed E-state index contributed by atoms with van der Waals surface area (Å²) >= 11 is 18.2. The van der Waals surface area contributed by atoms with Crippen LogP contribution in [-0.4, -0.2) is 21.9 Å². The highest BCUT2D eigenvalue weighted by Gasteiger charge is 2.13. The van der Waals surface area contributed by atoms with E-state index in [-0.39, 0.29) is 27.4 Å². The fraction of sp³-hybridized carbons (Fsp3) is 0.111. The lowest BCUT2D eigenvalue weighted by Crippen LogP contribution is -1.92. The number of hydrogen-bond acceptors (Lipinski definition) is 5. The highest BCUT2D eigenvalue weighted by atomic mass is 35.5. The lowest BCUT2D eigenvalue weighted by molar-refractivity contribution is 0.318. The summed E-state index contributed by atoms with van der Waals surface area (Å²) in [6.45, 7) is 2.19. The van der Waals surface area contributed by atoms with E-state index in [0.29, 0.717) is 23.1 Å². The van der Waals surface area contributed by atoms with Crippen molar-refractivity contribution in [3.8, 4) is 23.0 Å². The number of aromatic hydroxyl groups is 1. The minimum Gasteiger partial charge on any atom is -0.503 e. The molecule has 0 saturated heterocycles. The quantitative estimate of drug-likeness (QED) is 0.567. The minimum atomic E-state index is -0.121. The molecule has 134 valence electrons. The third-order valence-corrected chi connectivity index (χ3v) is 4.18. The molecule has 0 aliphatic carbocycles. The van der Waals surface area contributed by atoms with Crippen LogP contribution in [0.1, 0.15) is 18.4 Å². The van der Waals surface area contributed by atoms with Crippen LogP contribution in [0.25, 0.3) is 22.6 Å². The van der Waals surface area contributed by atoms with Gasteiger partial charge in [-0.15, -0.1) is 10.2 Å². The molecule has 26 heavy (non-hydrogen) atoms. The maximum absolute atomic E-state index is 9.89. The van der Waals surface area contributed by atoms with Gasteiger partial charge in [0, 0.05) is 10.6 Å². The van der Waals surface area contributed by atoms with Crippen LogP contribution < -0.4 is 4.74 Å². The smallest absolute Gasteiger partial charge is 0.259 e. The molecule has 0 saturated carbocycles. The molecular weight excluding hydrogens is 399 g/mol. The molecule has 0 bridgehead atoms. The molecule has 0 aliphatic heterocycles. The van der Waals surface area contributed by atoms with Crippen molar-refractivity contribution in [3.05, 3.63) is 57.9 Å². The van der Waals surface area contributed by atoms with Crippen molar-refractivity contribution in [3.63, 3.8) is 0 Å². The summed E-state index contributed by atoms with van der Waals surface area (Å²) in [5.41, 5.74) is 1.34. The van der Waals surface area contributed by atoms with Crippen molar-refractivity contribution in [1.29, 1.82) is 0 Å². The number of nitrogens with zero attached hydrogens (tertiary/aromatic N) is 2. The van der Waals surface area contributed by atoms with Crippen LogP contribution in [-0.2, 0) is 0 Å². The van der Waals surface area contributed by atoms with Crippen molar-refractivity contribution < 1.29 is 14.3 Å². The van der Waals surface area contributed by atoms with E-state index in [0.717, 1.165) is 5.56 Å². The van der Waals surface area contributed by atoms with Crippen molar-refractivity contribution in [2.45, 2.75) is 6.92 Å². The summed E-state index contributed by atoms with van der Waals surface area (Å²) in [6.07, 6.45) is 1.59. The predicted molar refractivity (Wildman–Crippen MR) is 103 cm³/mol. The highest BCUT2D eigenvalue weighted by molar-refractivity contribution is 6.50. The first kappa shape index (κ1) is 18.6. The summed E-state index contributed by atoms with van der Waals surface area (Å²) < 4.78 is 10.9. The Hall–Kier alpha value is -2.21. The number of halogens is 3. The third-order valence-electron chi connectivity index (χ3n) is 3.36. The first-order valence-corrected chi connectivity index (χ1v) is 8.73. The Balaban J connectivity index is 1.90. The largest absolute Gasteiger partial charge is 0.503 e. The summed E-state index contributed by atoms with van der Waals surface area (Å²) in [5.74, 6) is 0.619. The van der Waals surface area contributed by atoms with Crippen LogP contribution >= 0.6 is 34.8 Å². The molecule has 1 heterocycles. The normalized spacial score (nSPS) is 11.6. The Morgan fingerprint density at radius 3 is 2.62 bits per heavy atom. The van der Waals surface area contributed by atoms with Crippen molar-refractivity contribution in [2.24, 2.45) is 0 Å².